The highest BCUT2D eigenvalue weighted by molar-refractivity contribution is 5.93. The van der Waals surface area contributed by atoms with E-state index in [0.29, 0.717) is 30.0 Å². The highest BCUT2D eigenvalue weighted by Gasteiger charge is 2.42. The van der Waals surface area contributed by atoms with Gasteiger partial charge in [-0.15, -0.1) is 0 Å². The minimum atomic E-state index is -0.727. The molecule has 0 radical (unpaired) electrons. The van der Waals surface area contributed by atoms with Crippen LogP contribution in [0.25, 0.3) is 5.65 Å². The summed E-state index contributed by atoms with van der Waals surface area (Å²) in [7, 11) is 1.78. The Bertz CT molecular complexity index is 1070. The van der Waals surface area contributed by atoms with E-state index in [4.69, 9.17) is 0 Å². The SMILES string of the molecule is CCC1CC2CCCC(CNC(=O)c3cccc4nc(CC(=O)N(C)CCCC(C)(C)O)cn34)(C1)C2. The minimum Gasteiger partial charge on any atom is -0.390 e. The summed E-state index contributed by atoms with van der Waals surface area (Å²) in [6.45, 7) is 7.19. The van der Waals surface area contributed by atoms with Crippen molar-refractivity contribution in [3.8, 4) is 0 Å². The van der Waals surface area contributed by atoms with Crippen molar-refractivity contribution in [3.05, 3.63) is 35.8 Å². The zero-order valence-corrected chi connectivity index (χ0v) is 22.6. The lowest BCUT2D eigenvalue weighted by Gasteiger charge is -2.48. The number of rotatable bonds is 10. The zero-order valence-electron chi connectivity index (χ0n) is 22.6. The number of aliphatic hydroxyl groups is 1. The van der Waals surface area contributed by atoms with Gasteiger partial charge in [-0.25, -0.2) is 4.98 Å². The highest BCUT2D eigenvalue weighted by Crippen LogP contribution is 2.51. The molecule has 7 heteroatoms. The van der Waals surface area contributed by atoms with Crippen LogP contribution in [-0.2, 0) is 11.2 Å². The largest absolute Gasteiger partial charge is 0.390 e. The lowest BCUT2D eigenvalue weighted by molar-refractivity contribution is -0.129. The monoisotopic (exact) mass is 496 g/mol. The molecule has 0 saturated heterocycles. The maximum Gasteiger partial charge on any atom is 0.268 e. The van der Waals surface area contributed by atoms with Crippen LogP contribution >= 0.6 is 0 Å². The number of amides is 2. The van der Waals surface area contributed by atoms with Crippen molar-refractivity contribution in [3.63, 3.8) is 0 Å². The van der Waals surface area contributed by atoms with Crippen LogP contribution in [0.2, 0.25) is 0 Å². The van der Waals surface area contributed by atoms with E-state index >= 15 is 0 Å². The van der Waals surface area contributed by atoms with E-state index in [1.54, 1.807) is 25.8 Å². The molecule has 2 bridgehead atoms. The molecule has 2 aliphatic carbocycles. The lowest BCUT2D eigenvalue weighted by atomic mass is 9.58. The number of imidazole rings is 1. The van der Waals surface area contributed by atoms with Gasteiger partial charge in [-0.05, 0) is 81.8 Å². The Morgan fingerprint density at radius 1 is 1.31 bits per heavy atom. The minimum absolute atomic E-state index is 0.0196. The second-order valence-electron chi connectivity index (χ2n) is 12.1. The molecule has 3 unspecified atom stereocenters. The van der Waals surface area contributed by atoms with Gasteiger partial charge in [0, 0.05) is 26.3 Å². The number of carbonyl (C=O) groups is 2. The Morgan fingerprint density at radius 2 is 2.11 bits per heavy atom. The summed E-state index contributed by atoms with van der Waals surface area (Å²) in [4.78, 5) is 32.3. The van der Waals surface area contributed by atoms with Crippen LogP contribution in [0.15, 0.2) is 24.4 Å². The van der Waals surface area contributed by atoms with Crippen LogP contribution in [0.5, 0.6) is 0 Å². The fourth-order valence-corrected chi connectivity index (χ4v) is 6.53. The van der Waals surface area contributed by atoms with Gasteiger partial charge in [0.05, 0.1) is 17.7 Å². The number of hydrogen-bond acceptors (Lipinski definition) is 4. The summed E-state index contributed by atoms with van der Waals surface area (Å²) >= 11 is 0. The standard InChI is InChI=1S/C29H44N4O3/c1-5-21-15-22-9-7-13-29(17-21,18-22)20-30-27(35)24-10-6-11-25-31-23(19-33(24)25)16-26(34)32(4)14-8-12-28(2,3)36/h6,10-11,19,21-22,36H,5,7-9,12-18,20H2,1-4H3,(H,30,35). The molecule has 2 N–H and O–H groups in total. The van der Waals surface area contributed by atoms with E-state index < -0.39 is 5.60 Å². The van der Waals surface area contributed by atoms with Crippen molar-refractivity contribution in [2.45, 2.75) is 90.6 Å². The summed E-state index contributed by atoms with van der Waals surface area (Å²) in [6.07, 6.45) is 12.3. The summed E-state index contributed by atoms with van der Waals surface area (Å²) in [5.74, 6) is 1.51. The third-order valence-corrected chi connectivity index (χ3v) is 8.45. The van der Waals surface area contributed by atoms with E-state index in [1.165, 1.54) is 44.9 Å². The number of hydrogen-bond donors (Lipinski definition) is 2. The first-order chi connectivity index (χ1) is 17.1. The van der Waals surface area contributed by atoms with Crippen LogP contribution in [0.4, 0.5) is 0 Å². The van der Waals surface area contributed by atoms with Crippen LogP contribution in [0, 0.1) is 17.3 Å². The fourth-order valence-electron chi connectivity index (χ4n) is 6.53. The Morgan fingerprint density at radius 3 is 2.86 bits per heavy atom. The third-order valence-electron chi connectivity index (χ3n) is 8.45. The number of nitrogens with zero attached hydrogens (tertiary/aromatic N) is 3. The van der Waals surface area contributed by atoms with Crippen molar-refractivity contribution in [2.75, 3.05) is 20.1 Å². The highest BCUT2D eigenvalue weighted by atomic mass is 16.3. The Hall–Kier alpha value is -2.41. The zero-order chi connectivity index (χ0) is 25.9. The van der Waals surface area contributed by atoms with Crippen molar-refractivity contribution in [2.24, 2.45) is 17.3 Å². The van der Waals surface area contributed by atoms with Crippen LogP contribution in [-0.4, -0.2) is 56.9 Å². The number of nitrogens with one attached hydrogen (secondary N) is 1. The molecule has 2 aliphatic rings. The maximum atomic E-state index is 13.3. The molecule has 2 amide bonds. The van der Waals surface area contributed by atoms with E-state index in [9.17, 15) is 14.7 Å². The first-order valence-corrected chi connectivity index (χ1v) is 13.8. The van der Waals surface area contributed by atoms with E-state index in [1.807, 2.05) is 28.8 Å². The number of pyridine rings is 1. The summed E-state index contributed by atoms with van der Waals surface area (Å²) in [5.41, 5.74) is 1.41. The van der Waals surface area contributed by atoms with Crippen LogP contribution in [0.3, 0.4) is 0 Å². The topological polar surface area (TPSA) is 86.9 Å². The average molecular weight is 497 g/mol. The molecule has 2 fully saturated rings. The maximum absolute atomic E-state index is 13.3. The van der Waals surface area contributed by atoms with Crippen LogP contribution in [0.1, 0.15) is 94.7 Å². The van der Waals surface area contributed by atoms with Crippen molar-refractivity contribution in [1.82, 2.24) is 19.6 Å². The molecule has 7 nitrogen and oxygen atoms in total. The summed E-state index contributed by atoms with van der Waals surface area (Å²) in [6, 6.07) is 5.55. The summed E-state index contributed by atoms with van der Waals surface area (Å²) < 4.78 is 1.81. The number of aromatic nitrogens is 2. The van der Waals surface area contributed by atoms with Gasteiger partial charge >= 0.3 is 0 Å². The van der Waals surface area contributed by atoms with Crippen molar-refractivity contribution in [1.29, 1.82) is 0 Å². The molecule has 0 aliphatic heterocycles. The molecule has 2 aromatic heterocycles. The molecule has 36 heavy (non-hydrogen) atoms. The van der Waals surface area contributed by atoms with Gasteiger partial charge in [0.15, 0.2) is 0 Å². The molecule has 0 spiro atoms. The van der Waals surface area contributed by atoms with Gasteiger partial charge in [-0.2, -0.15) is 0 Å². The molecule has 4 rings (SSSR count). The van der Waals surface area contributed by atoms with Crippen molar-refractivity contribution >= 4 is 17.5 Å². The predicted molar refractivity (Wildman–Crippen MR) is 142 cm³/mol. The molecule has 0 aromatic carbocycles. The molecule has 2 heterocycles. The number of likely N-dealkylation sites (N-methyl/N-ethyl adjacent to an activating group) is 1. The molecule has 198 valence electrons. The van der Waals surface area contributed by atoms with Gasteiger partial charge in [-0.1, -0.05) is 32.3 Å². The van der Waals surface area contributed by atoms with E-state index in [-0.39, 0.29) is 23.7 Å². The predicted octanol–water partition coefficient (Wildman–Crippen LogP) is 4.61. The molecular weight excluding hydrogens is 452 g/mol. The fraction of sp³-hybridized carbons (Fsp3) is 0.690. The second kappa shape index (κ2) is 10.9. The Labute approximate surface area is 215 Å². The number of fused-ring (bicyclic) bond motifs is 3. The average Bonchev–Trinajstić information content (AvgIpc) is 3.23. The molecule has 2 aromatic rings. The first kappa shape index (κ1) is 26.6. The third kappa shape index (κ3) is 6.47. The Kier molecular flexibility index (Phi) is 8.08. The normalized spacial score (nSPS) is 24.0. The summed E-state index contributed by atoms with van der Waals surface area (Å²) in [5, 5.41) is 13.2. The van der Waals surface area contributed by atoms with Crippen molar-refractivity contribution < 1.29 is 14.7 Å². The quantitative estimate of drug-likeness (QED) is 0.503. The van der Waals surface area contributed by atoms with Gasteiger partial charge in [-0.3, -0.25) is 14.0 Å². The molecule has 2 saturated carbocycles. The van der Waals surface area contributed by atoms with Gasteiger partial charge in [0.2, 0.25) is 5.91 Å². The first-order valence-electron chi connectivity index (χ1n) is 13.8. The van der Waals surface area contributed by atoms with Gasteiger partial charge in [0.1, 0.15) is 11.3 Å². The molecule has 3 atom stereocenters. The second-order valence-corrected chi connectivity index (χ2v) is 12.1. The number of carbonyl (C=O) groups excluding carboxylic acids is 2. The van der Waals surface area contributed by atoms with Crippen LogP contribution < -0.4 is 5.32 Å². The smallest absolute Gasteiger partial charge is 0.268 e. The molecular formula is C29H44N4O3. The van der Waals surface area contributed by atoms with Gasteiger partial charge < -0.3 is 15.3 Å². The van der Waals surface area contributed by atoms with Gasteiger partial charge in [0.25, 0.3) is 5.91 Å². The Balaban J connectivity index is 1.39. The van der Waals surface area contributed by atoms with E-state index in [2.05, 4.69) is 17.2 Å². The lowest BCUT2D eigenvalue weighted by Crippen LogP contribution is -2.45. The van der Waals surface area contributed by atoms with E-state index in [0.717, 1.165) is 24.8 Å².